The summed E-state index contributed by atoms with van der Waals surface area (Å²) < 4.78 is -0.413. The van der Waals surface area contributed by atoms with Crippen LogP contribution in [0.5, 0.6) is 0 Å². The van der Waals surface area contributed by atoms with E-state index in [9.17, 15) is 9.90 Å². The SMILES string of the molecule is CCc1ccc(N2c3cccc(Cl)c3N=C(C(=O)O)C2I)cc1. The minimum atomic E-state index is -1.04. The van der Waals surface area contributed by atoms with Crippen LogP contribution in [-0.2, 0) is 11.2 Å². The molecule has 118 valence electrons. The van der Waals surface area contributed by atoms with Crippen molar-refractivity contribution in [2.45, 2.75) is 17.4 Å². The number of rotatable bonds is 3. The summed E-state index contributed by atoms with van der Waals surface area (Å²) in [6.07, 6.45) is 0.957. The highest BCUT2D eigenvalue weighted by atomic mass is 127. The zero-order valence-electron chi connectivity index (χ0n) is 12.3. The summed E-state index contributed by atoms with van der Waals surface area (Å²) in [5, 5.41) is 9.91. The number of fused-ring (bicyclic) bond motifs is 1. The second kappa shape index (κ2) is 6.49. The number of nitrogens with zero attached hydrogens (tertiary/aromatic N) is 2. The summed E-state index contributed by atoms with van der Waals surface area (Å²) in [6, 6.07) is 13.6. The average Bonchev–Trinajstić information content (AvgIpc) is 2.54. The van der Waals surface area contributed by atoms with Gasteiger partial charge < -0.3 is 10.0 Å². The zero-order valence-corrected chi connectivity index (χ0v) is 15.2. The van der Waals surface area contributed by atoms with Crippen LogP contribution in [0.4, 0.5) is 17.1 Å². The van der Waals surface area contributed by atoms with Crippen LogP contribution in [0.2, 0.25) is 5.02 Å². The lowest BCUT2D eigenvalue weighted by atomic mass is 10.1. The van der Waals surface area contributed by atoms with Crippen LogP contribution in [0.3, 0.4) is 0 Å². The number of carbonyl (C=O) groups is 1. The highest BCUT2D eigenvalue weighted by Gasteiger charge is 2.33. The van der Waals surface area contributed by atoms with Gasteiger partial charge in [-0.2, -0.15) is 0 Å². The Kier molecular flexibility index (Phi) is 4.59. The molecule has 0 fully saturated rings. The molecule has 0 radical (unpaired) electrons. The Morgan fingerprint density at radius 1 is 1.30 bits per heavy atom. The number of halogens is 2. The van der Waals surface area contributed by atoms with Gasteiger partial charge in [0, 0.05) is 5.69 Å². The van der Waals surface area contributed by atoms with Crippen molar-refractivity contribution in [2.24, 2.45) is 4.99 Å². The van der Waals surface area contributed by atoms with Gasteiger partial charge in [-0.3, -0.25) is 0 Å². The summed E-state index contributed by atoms with van der Waals surface area (Å²) in [6.45, 7) is 2.10. The highest BCUT2D eigenvalue weighted by molar-refractivity contribution is 14.1. The fraction of sp³-hybridized carbons (Fsp3) is 0.176. The number of aliphatic carboxylic acids is 1. The number of para-hydroxylation sites is 1. The molecular formula is C17H14ClIN2O2. The molecule has 1 atom stereocenters. The van der Waals surface area contributed by atoms with Gasteiger partial charge in [0.15, 0.2) is 5.71 Å². The lowest BCUT2D eigenvalue weighted by Gasteiger charge is -2.34. The van der Waals surface area contributed by atoms with Crippen LogP contribution in [0.25, 0.3) is 0 Å². The Hall–Kier alpha value is -1.60. The third-order valence-electron chi connectivity index (χ3n) is 3.75. The van der Waals surface area contributed by atoms with Gasteiger partial charge in [0.1, 0.15) is 9.74 Å². The summed E-state index contributed by atoms with van der Waals surface area (Å²) >= 11 is 8.33. The van der Waals surface area contributed by atoms with Crippen molar-refractivity contribution in [3.05, 3.63) is 53.1 Å². The Morgan fingerprint density at radius 3 is 2.61 bits per heavy atom. The predicted molar refractivity (Wildman–Crippen MR) is 102 cm³/mol. The number of aliphatic imine (C=N–C) groups is 1. The molecule has 3 rings (SSSR count). The molecule has 0 saturated carbocycles. The summed E-state index contributed by atoms with van der Waals surface area (Å²) in [7, 11) is 0. The first-order valence-electron chi connectivity index (χ1n) is 7.15. The third-order valence-corrected chi connectivity index (χ3v) is 5.20. The van der Waals surface area contributed by atoms with E-state index in [1.807, 2.05) is 29.2 Å². The van der Waals surface area contributed by atoms with Crippen molar-refractivity contribution in [3.63, 3.8) is 0 Å². The lowest BCUT2D eigenvalue weighted by Crippen LogP contribution is -2.39. The number of benzene rings is 2. The smallest absolute Gasteiger partial charge is 0.353 e. The maximum atomic E-state index is 11.6. The Morgan fingerprint density at radius 2 is 2.00 bits per heavy atom. The van der Waals surface area contributed by atoms with Crippen LogP contribution in [-0.4, -0.2) is 20.8 Å². The maximum absolute atomic E-state index is 11.6. The van der Waals surface area contributed by atoms with E-state index >= 15 is 0 Å². The second-order valence-electron chi connectivity index (χ2n) is 5.14. The molecule has 0 aliphatic carbocycles. The van der Waals surface area contributed by atoms with Gasteiger partial charge in [0.25, 0.3) is 0 Å². The van der Waals surface area contributed by atoms with E-state index in [1.54, 1.807) is 6.07 Å². The molecular weight excluding hydrogens is 427 g/mol. The van der Waals surface area contributed by atoms with Crippen molar-refractivity contribution >= 4 is 62.9 Å². The van der Waals surface area contributed by atoms with Gasteiger partial charge in [-0.25, -0.2) is 9.79 Å². The van der Waals surface area contributed by atoms with E-state index in [1.165, 1.54) is 5.56 Å². The van der Waals surface area contributed by atoms with Crippen LogP contribution in [0.1, 0.15) is 12.5 Å². The number of hydrogen-bond donors (Lipinski definition) is 1. The van der Waals surface area contributed by atoms with E-state index in [-0.39, 0.29) is 5.71 Å². The van der Waals surface area contributed by atoms with Crippen LogP contribution < -0.4 is 4.90 Å². The molecule has 4 nitrogen and oxygen atoms in total. The molecule has 1 unspecified atom stereocenters. The Balaban J connectivity index is 2.17. The molecule has 1 N–H and O–H groups in total. The summed E-state index contributed by atoms with van der Waals surface area (Å²) in [5.41, 5.74) is 3.53. The van der Waals surface area contributed by atoms with E-state index in [2.05, 4.69) is 46.6 Å². The fourth-order valence-electron chi connectivity index (χ4n) is 2.54. The minimum absolute atomic E-state index is 0.0748. The van der Waals surface area contributed by atoms with E-state index < -0.39 is 10.0 Å². The lowest BCUT2D eigenvalue weighted by molar-refractivity contribution is -0.129. The monoisotopic (exact) mass is 440 g/mol. The molecule has 0 spiro atoms. The first-order chi connectivity index (χ1) is 11.0. The molecule has 1 aliphatic rings. The largest absolute Gasteiger partial charge is 0.477 e. The minimum Gasteiger partial charge on any atom is -0.477 e. The summed E-state index contributed by atoms with van der Waals surface area (Å²) in [5.74, 6) is -1.04. The molecule has 0 amide bonds. The number of hydrogen-bond acceptors (Lipinski definition) is 3. The topological polar surface area (TPSA) is 52.9 Å². The standard InChI is InChI=1S/C17H14ClIN2O2/c1-2-10-6-8-11(9-7-10)21-13-5-3-4-12(18)14(13)20-15(16(21)19)17(22)23/h3-9,16H,2H2,1H3,(H,22,23). The molecule has 0 aromatic heterocycles. The summed E-state index contributed by atoms with van der Waals surface area (Å²) in [4.78, 5) is 17.8. The first kappa shape index (κ1) is 16.3. The molecule has 0 saturated heterocycles. The average molecular weight is 441 g/mol. The molecule has 1 aliphatic heterocycles. The number of carboxylic acids is 1. The molecule has 1 heterocycles. The quantitative estimate of drug-likeness (QED) is 0.416. The van der Waals surface area contributed by atoms with Crippen molar-refractivity contribution in [1.29, 1.82) is 0 Å². The van der Waals surface area contributed by atoms with Crippen LogP contribution >= 0.6 is 34.2 Å². The van der Waals surface area contributed by atoms with Crippen molar-refractivity contribution in [2.75, 3.05) is 4.90 Å². The first-order valence-corrected chi connectivity index (χ1v) is 8.78. The molecule has 2 aromatic rings. The number of aryl methyl sites for hydroxylation is 1. The number of alkyl halides is 1. The van der Waals surface area contributed by atoms with Gasteiger partial charge >= 0.3 is 5.97 Å². The predicted octanol–water partition coefficient (Wildman–Crippen LogP) is 4.97. The van der Waals surface area contributed by atoms with Gasteiger partial charge in [0.05, 0.1) is 10.7 Å². The molecule has 6 heteroatoms. The van der Waals surface area contributed by atoms with Crippen molar-refractivity contribution < 1.29 is 9.90 Å². The van der Waals surface area contributed by atoms with E-state index in [0.717, 1.165) is 17.8 Å². The zero-order chi connectivity index (χ0) is 16.6. The van der Waals surface area contributed by atoms with E-state index in [0.29, 0.717) is 10.7 Å². The highest BCUT2D eigenvalue weighted by Crippen LogP contribution is 2.45. The Labute approximate surface area is 152 Å². The number of carboxylic acid groups (broad SMARTS) is 1. The van der Waals surface area contributed by atoms with Crippen molar-refractivity contribution in [3.8, 4) is 0 Å². The van der Waals surface area contributed by atoms with Gasteiger partial charge in [-0.1, -0.05) is 59.3 Å². The number of anilines is 2. The second-order valence-corrected chi connectivity index (χ2v) is 6.72. The third kappa shape index (κ3) is 2.95. The van der Waals surface area contributed by atoms with Gasteiger partial charge in [-0.15, -0.1) is 0 Å². The molecule has 0 bridgehead atoms. The molecule has 23 heavy (non-hydrogen) atoms. The van der Waals surface area contributed by atoms with Gasteiger partial charge in [-0.05, 0) is 36.2 Å². The Bertz CT molecular complexity index is 790. The fourth-order valence-corrected chi connectivity index (χ4v) is 3.78. The van der Waals surface area contributed by atoms with Crippen LogP contribution in [0.15, 0.2) is 47.5 Å². The van der Waals surface area contributed by atoms with Crippen molar-refractivity contribution in [1.82, 2.24) is 0 Å². The van der Waals surface area contributed by atoms with E-state index in [4.69, 9.17) is 11.6 Å². The maximum Gasteiger partial charge on any atom is 0.353 e. The van der Waals surface area contributed by atoms with Crippen LogP contribution in [0, 0.1) is 0 Å². The molecule has 2 aromatic carbocycles. The normalized spacial score (nSPS) is 16.7. The van der Waals surface area contributed by atoms with Gasteiger partial charge in [0.2, 0.25) is 0 Å².